The molecule has 4 heteroatoms. The highest BCUT2D eigenvalue weighted by Gasteiger charge is 2.42. The number of hydrogen-bond donors (Lipinski definition) is 1. The second-order valence-electron chi connectivity index (χ2n) is 4.98. The van der Waals surface area contributed by atoms with Crippen molar-refractivity contribution in [3.8, 4) is 0 Å². The fourth-order valence-corrected chi connectivity index (χ4v) is 2.63. The highest BCUT2D eigenvalue weighted by molar-refractivity contribution is 5.20. The Balaban J connectivity index is 1.91. The molecule has 1 N–H and O–H groups in total. The molecule has 2 rings (SSSR count). The second-order valence-corrected chi connectivity index (χ2v) is 4.98. The van der Waals surface area contributed by atoms with Gasteiger partial charge in [-0.15, -0.1) is 0 Å². The molecule has 1 fully saturated rings. The maximum atomic E-state index is 13.2. The van der Waals surface area contributed by atoms with E-state index in [0.29, 0.717) is 6.61 Å². The molecule has 19 heavy (non-hydrogen) atoms. The lowest BCUT2D eigenvalue weighted by Gasteiger charge is -2.44. The maximum absolute atomic E-state index is 13.2. The largest absolute Gasteiger partial charge is 0.377 e. The molecule has 1 aliphatic carbocycles. The summed E-state index contributed by atoms with van der Waals surface area (Å²) in [6, 6.07) is 7.06. The molecule has 0 aromatic heterocycles. The van der Waals surface area contributed by atoms with Crippen LogP contribution in [0.3, 0.4) is 0 Å². The quantitative estimate of drug-likeness (QED) is 0.859. The first-order valence-corrected chi connectivity index (χ1v) is 6.81. The molecule has 0 saturated heterocycles. The van der Waals surface area contributed by atoms with E-state index in [1.807, 2.05) is 19.9 Å². The van der Waals surface area contributed by atoms with E-state index in [0.717, 1.165) is 12.0 Å². The average Bonchev–Trinajstić information content (AvgIpc) is 2.37. The first kappa shape index (κ1) is 14.4. The summed E-state index contributed by atoms with van der Waals surface area (Å²) in [6.07, 6.45) is 1.19. The van der Waals surface area contributed by atoms with Crippen molar-refractivity contribution in [2.45, 2.75) is 44.6 Å². The Morgan fingerprint density at radius 2 is 2.26 bits per heavy atom. The van der Waals surface area contributed by atoms with Gasteiger partial charge in [0.15, 0.2) is 0 Å². The van der Waals surface area contributed by atoms with E-state index in [2.05, 4.69) is 5.32 Å². The van der Waals surface area contributed by atoms with Crippen LogP contribution in [-0.4, -0.2) is 32.0 Å². The normalized spacial score (nSPS) is 27.9. The van der Waals surface area contributed by atoms with E-state index >= 15 is 0 Å². The van der Waals surface area contributed by atoms with Crippen molar-refractivity contribution in [2.24, 2.45) is 0 Å². The van der Waals surface area contributed by atoms with Crippen LogP contribution >= 0.6 is 0 Å². The minimum atomic E-state index is -0.199. The first-order chi connectivity index (χ1) is 9.15. The van der Waals surface area contributed by atoms with Crippen LogP contribution in [0.15, 0.2) is 24.3 Å². The van der Waals surface area contributed by atoms with Crippen LogP contribution in [0.4, 0.5) is 4.39 Å². The molecular formula is C15H22FNO2. The zero-order valence-corrected chi connectivity index (χ0v) is 11.7. The minimum Gasteiger partial charge on any atom is -0.377 e. The average molecular weight is 267 g/mol. The molecule has 1 aromatic rings. The number of ether oxygens (including phenoxy) is 2. The van der Waals surface area contributed by atoms with E-state index in [1.165, 1.54) is 6.07 Å². The van der Waals surface area contributed by atoms with Gasteiger partial charge in [-0.3, -0.25) is 0 Å². The Bertz CT molecular complexity index is 413. The van der Waals surface area contributed by atoms with Crippen LogP contribution in [0.25, 0.3) is 0 Å². The van der Waals surface area contributed by atoms with Crippen molar-refractivity contribution in [1.82, 2.24) is 5.32 Å². The maximum Gasteiger partial charge on any atom is 0.123 e. The molecule has 1 saturated carbocycles. The smallest absolute Gasteiger partial charge is 0.123 e. The molecule has 3 nitrogen and oxygen atoms in total. The molecule has 4 atom stereocenters. The number of nitrogens with one attached hydrogen (secondary N) is 1. The first-order valence-electron chi connectivity index (χ1n) is 6.81. The summed E-state index contributed by atoms with van der Waals surface area (Å²) in [5.74, 6) is -0.199. The predicted octanol–water partition coefficient (Wildman–Crippen LogP) is 2.67. The third-order valence-electron chi connectivity index (χ3n) is 3.71. The fourth-order valence-electron chi connectivity index (χ4n) is 2.63. The second kappa shape index (κ2) is 6.46. The van der Waals surface area contributed by atoms with Gasteiger partial charge in [0.25, 0.3) is 0 Å². The van der Waals surface area contributed by atoms with Crippen LogP contribution in [-0.2, 0) is 9.47 Å². The fraction of sp³-hybridized carbons (Fsp3) is 0.600. The number of benzene rings is 1. The number of rotatable bonds is 6. The van der Waals surface area contributed by atoms with Crippen LogP contribution < -0.4 is 5.32 Å². The molecule has 0 bridgehead atoms. The summed E-state index contributed by atoms with van der Waals surface area (Å²) in [4.78, 5) is 0. The van der Waals surface area contributed by atoms with Crippen molar-refractivity contribution < 1.29 is 13.9 Å². The standard InChI is InChI=1S/C15H22FNO2/c1-4-19-14-9-13(15(14)18-3)17-10(2)11-6-5-7-12(16)8-11/h5-8,10,13-15,17H,4,9H2,1-3H3/t10-,13?,14?,15?/m1/s1. The predicted molar refractivity (Wildman–Crippen MR) is 72.6 cm³/mol. The van der Waals surface area contributed by atoms with Crippen molar-refractivity contribution in [3.63, 3.8) is 0 Å². The van der Waals surface area contributed by atoms with E-state index in [1.54, 1.807) is 19.2 Å². The number of methoxy groups -OCH3 is 1. The molecule has 1 aliphatic rings. The SMILES string of the molecule is CCOC1CC(N[C@H](C)c2cccc(F)c2)C1OC. The molecule has 106 valence electrons. The number of hydrogen-bond acceptors (Lipinski definition) is 3. The van der Waals surface area contributed by atoms with E-state index in [-0.39, 0.29) is 30.1 Å². The molecule has 0 spiro atoms. The Morgan fingerprint density at radius 3 is 2.89 bits per heavy atom. The zero-order valence-electron chi connectivity index (χ0n) is 11.7. The van der Waals surface area contributed by atoms with Gasteiger partial charge in [0.2, 0.25) is 0 Å². The lowest BCUT2D eigenvalue weighted by atomic mass is 9.84. The van der Waals surface area contributed by atoms with Gasteiger partial charge in [0.1, 0.15) is 5.82 Å². The molecule has 0 aliphatic heterocycles. The molecular weight excluding hydrogens is 245 g/mol. The van der Waals surface area contributed by atoms with Gasteiger partial charge in [0.05, 0.1) is 12.2 Å². The van der Waals surface area contributed by atoms with Gasteiger partial charge >= 0.3 is 0 Å². The van der Waals surface area contributed by atoms with Gasteiger partial charge < -0.3 is 14.8 Å². The highest BCUT2D eigenvalue weighted by Crippen LogP contribution is 2.29. The van der Waals surface area contributed by atoms with E-state index in [9.17, 15) is 4.39 Å². The van der Waals surface area contributed by atoms with Gasteiger partial charge in [-0.2, -0.15) is 0 Å². The Morgan fingerprint density at radius 1 is 1.47 bits per heavy atom. The Hall–Kier alpha value is -0.970. The molecule has 0 heterocycles. The molecule has 0 radical (unpaired) electrons. The monoisotopic (exact) mass is 267 g/mol. The summed E-state index contributed by atoms with van der Waals surface area (Å²) < 4.78 is 24.2. The van der Waals surface area contributed by atoms with Crippen molar-refractivity contribution >= 4 is 0 Å². The van der Waals surface area contributed by atoms with Gasteiger partial charge in [-0.25, -0.2) is 4.39 Å². The van der Waals surface area contributed by atoms with Crippen molar-refractivity contribution in [3.05, 3.63) is 35.6 Å². The lowest BCUT2D eigenvalue weighted by molar-refractivity contribution is -0.133. The van der Waals surface area contributed by atoms with Crippen LogP contribution in [0.5, 0.6) is 0 Å². The van der Waals surface area contributed by atoms with Crippen LogP contribution in [0, 0.1) is 5.82 Å². The molecule has 0 amide bonds. The van der Waals surface area contributed by atoms with Gasteiger partial charge in [0, 0.05) is 25.8 Å². The lowest BCUT2D eigenvalue weighted by Crippen LogP contribution is -2.60. The third kappa shape index (κ3) is 3.32. The Labute approximate surface area is 114 Å². The number of halogens is 1. The van der Waals surface area contributed by atoms with Crippen molar-refractivity contribution in [1.29, 1.82) is 0 Å². The van der Waals surface area contributed by atoms with E-state index in [4.69, 9.17) is 9.47 Å². The summed E-state index contributed by atoms with van der Waals surface area (Å²) in [5.41, 5.74) is 0.953. The van der Waals surface area contributed by atoms with Crippen molar-refractivity contribution in [2.75, 3.05) is 13.7 Å². The van der Waals surface area contributed by atoms with Crippen LogP contribution in [0.1, 0.15) is 31.9 Å². The minimum absolute atomic E-state index is 0.0796. The molecule has 1 aromatic carbocycles. The third-order valence-corrected chi connectivity index (χ3v) is 3.71. The van der Waals surface area contributed by atoms with Crippen LogP contribution in [0.2, 0.25) is 0 Å². The van der Waals surface area contributed by atoms with E-state index < -0.39 is 0 Å². The summed E-state index contributed by atoms with van der Waals surface area (Å²) in [7, 11) is 1.71. The Kier molecular flexibility index (Phi) is 4.91. The highest BCUT2D eigenvalue weighted by atomic mass is 19.1. The topological polar surface area (TPSA) is 30.5 Å². The zero-order chi connectivity index (χ0) is 13.8. The summed E-state index contributed by atoms with van der Waals surface area (Å²) >= 11 is 0. The molecule has 3 unspecified atom stereocenters. The summed E-state index contributed by atoms with van der Waals surface area (Å²) in [6.45, 7) is 4.73. The van der Waals surface area contributed by atoms with Gasteiger partial charge in [-0.1, -0.05) is 12.1 Å². The summed E-state index contributed by atoms with van der Waals surface area (Å²) in [5, 5.41) is 3.48. The van der Waals surface area contributed by atoms with Gasteiger partial charge in [-0.05, 0) is 38.0 Å².